The van der Waals surface area contributed by atoms with Crippen molar-refractivity contribution in [2.24, 2.45) is 0 Å². The Labute approximate surface area is 197 Å². The third-order valence-corrected chi connectivity index (χ3v) is 7.17. The van der Waals surface area contributed by atoms with Gasteiger partial charge in [-0.05, 0) is 43.5 Å². The molecule has 2 aromatic rings. The summed E-state index contributed by atoms with van der Waals surface area (Å²) in [5.74, 6) is -0.0482. The Morgan fingerprint density at radius 2 is 1.58 bits per heavy atom. The summed E-state index contributed by atoms with van der Waals surface area (Å²) < 4.78 is 0. The van der Waals surface area contributed by atoms with E-state index in [1.165, 1.54) is 24.2 Å². The van der Waals surface area contributed by atoms with Crippen LogP contribution >= 0.6 is 11.8 Å². The minimum absolute atomic E-state index is 0.0690. The molecule has 4 rings (SSSR count). The predicted molar refractivity (Wildman–Crippen MR) is 126 cm³/mol. The van der Waals surface area contributed by atoms with Crippen molar-refractivity contribution in [3.05, 3.63) is 64.2 Å². The van der Waals surface area contributed by atoms with Gasteiger partial charge >= 0.3 is 0 Å². The van der Waals surface area contributed by atoms with E-state index in [2.05, 4.69) is 4.90 Å². The average molecular weight is 469 g/mol. The Kier molecular flexibility index (Phi) is 7.61. The van der Waals surface area contributed by atoms with E-state index in [1.54, 1.807) is 17.0 Å². The van der Waals surface area contributed by atoms with Gasteiger partial charge in [-0.1, -0.05) is 30.0 Å². The lowest BCUT2D eigenvalue weighted by Crippen LogP contribution is -2.52. The Bertz CT molecular complexity index is 1000. The Morgan fingerprint density at radius 1 is 0.879 bits per heavy atom. The highest BCUT2D eigenvalue weighted by Gasteiger charge is 2.27. The molecule has 2 heterocycles. The van der Waals surface area contributed by atoms with Crippen molar-refractivity contribution in [2.45, 2.75) is 29.1 Å². The lowest BCUT2D eigenvalue weighted by atomic mass is 10.1. The van der Waals surface area contributed by atoms with Crippen LogP contribution < -0.4 is 0 Å². The zero-order chi connectivity index (χ0) is 23.2. The summed E-state index contributed by atoms with van der Waals surface area (Å²) in [7, 11) is 0. The number of hydrogen-bond donors (Lipinski definition) is 0. The molecule has 0 aliphatic carbocycles. The van der Waals surface area contributed by atoms with Gasteiger partial charge in [0.25, 0.3) is 11.6 Å². The van der Waals surface area contributed by atoms with Crippen LogP contribution in [0, 0.1) is 10.1 Å². The molecule has 0 bridgehead atoms. The molecule has 0 unspecified atom stereocenters. The minimum atomic E-state index is -0.438. The van der Waals surface area contributed by atoms with Crippen molar-refractivity contribution in [3.63, 3.8) is 0 Å². The normalized spacial score (nSPS) is 17.1. The van der Waals surface area contributed by atoms with Crippen molar-refractivity contribution >= 4 is 29.3 Å². The van der Waals surface area contributed by atoms with Gasteiger partial charge in [-0.3, -0.25) is 24.6 Å². The first kappa shape index (κ1) is 23.3. The van der Waals surface area contributed by atoms with Crippen molar-refractivity contribution < 1.29 is 14.5 Å². The van der Waals surface area contributed by atoms with Crippen LogP contribution in [0.4, 0.5) is 5.69 Å². The molecule has 0 saturated carbocycles. The quantitative estimate of drug-likeness (QED) is 0.476. The lowest BCUT2D eigenvalue weighted by molar-refractivity contribution is -0.387. The molecule has 0 spiro atoms. The van der Waals surface area contributed by atoms with Gasteiger partial charge in [-0.2, -0.15) is 0 Å². The lowest BCUT2D eigenvalue weighted by Gasteiger charge is -2.36. The number of piperazine rings is 1. The molecular weight excluding hydrogens is 440 g/mol. The molecular formula is C24H28N4O4S. The second kappa shape index (κ2) is 10.8. The van der Waals surface area contributed by atoms with E-state index in [0.717, 1.165) is 30.8 Å². The summed E-state index contributed by atoms with van der Waals surface area (Å²) in [4.78, 5) is 43.9. The van der Waals surface area contributed by atoms with Crippen LogP contribution in [-0.4, -0.2) is 77.3 Å². The number of nitro groups is 1. The number of hydrogen-bond acceptors (Lipinski definition) is 6. The monoisotopic (exact) mass is 468 g/mol. The van der Waals surface area contributed by atoms with Crippen molar-refractivity contribution in [1.82, 2.24) is 14.7 Å². The van der Waals surface area contributed by atoms with Crippen molar-refractivity contribution in [3.8, 4) is 0 Å². The van der Waals surface area contributed by atoms with E-state index in [9.17, 15) is 19.7 Å². The topological polar surface area (TPSA) is 87.0 Å². The first-order valence-corrected chi connectivity index (χ1v) is 12.1. The van der Waals surface area contributed by atoms with E-state index >= 15 is 0 Å². The highest BCUT2D eigenvalue weighted by Crippen LogP contribution is 2.35. The average Bonchev–Trinajstić information content (AvgIpc) is 2.85. The van der Waals surface area contributed by atoms with Crippen LogP contribution in [0.2, 0.25) is 0 Å². The fourth-order valence-electron chi connectivity index (χ4n) is 4.22. The second-order valence-corrected chi connectivity index (χ2v) is 9.48. The fourth-order valence-corrected chi connectivity index (χ4v) is 5.14. The molecule has 2 aliphatic heterocycles. The molecule has 0 atom stereocenters. The second-order valence-electron chi connectivity index (χ2n) is 8.36. The maximum absolute atomic E-state index is 13.0. The van der Waals surface area contributed by atoms with Gasteiger partial charge in [0.15, 0.2) is 0 Å². The summed E-state index contributed by atoms with van der Waals surface area (Å²) in [5, 5.41) is 11.7. The van der Waals surface area contributed by atoms with Crippen LogP contribution in [0.25, 0.3) is 0 Å². The van der Waals surface area contributed by atoms with Crippen molar-refractivity contribution in [2.75, 3.05) is 45.8 Å². The Hall–Kier alpha value is -2.91. The summed E-state index contributed by atoms with van der Waals surface area (Å²) in [6.07, 6.45) is 3.33. The predicted octanol–water partition coefficient (Wildman–Crippen LogP) is 3.52. The maximum atomic E-state index is 13.0. The largest absolute Gasteiger partial charge is 0.342 e. The molecule has 2 aromatic carbocycles. The SMILES string of the molecule is O=C(CN1CCN(C(=O)c2ccc(Sc3ccccc3)c([N+](=O)[O-])c2)CC1)N1CCCCC1. The van der Waals surface area contributed by atoms with E-state index < -0.39 is 4.92 Å². The number of likely N-dealkylation sites (tertiary alicyclic amines) is 1. The molecule has 9 heteroatoms. The van der Waals surface area contributed by atoms with Gasteiger partial charge in [0.1, 0.15) is 0 Å². The van der Waals surface area contributed by atoms with Crippen LogP contribution in [0.3, 0.4) is 0 Å². The first-order chi connectivity index (χ1) is 16.0. The number of nitro benzene ring substituents is 1. The van der Waals surface area contributed by atoms with E-state index in [-0.39, 0.29) is 17.5 Å². The third kappa shape index (κ3) is 5.91. The highest BCUT2D eigenvalue weighted by molar-refractivity contribution is 7.99. The van der Waals surface area contributed by atoms with Gasteiger partial charge in [0.2, 0.25) is 5.91 Å². The molecule has 2 saturated heterocycles. The number of carbonyl (C=O) groups is 2. The van der Waals surface area contributed by atoms with Crippen molar-refractivity contribution in [1.29, 1.82) is 0 Å². The van der Waals surface area contributed by atoms with Crippen LogP contribution in [0.1, 0.15) is 29.6 Å². The van der Waals surface area contributed by atoms with Crippen LogP contribution in [0.15, 0.2) is 58.3 Å². The number of nitrogens with zero attached hydrogens (tertiary/aromatic N) is 4. The van der Waals surface area contributed by atoms with Crippen LogP contribution in [0.5, 0.6) is 0 Å². The third-order valence-electron chi connectivity index (χ3n) is 6.10. The fraction of sp³-hybridized carbons (Fsp3) is 0.417. The highest BCUT2D eigenvalue weighted by atomic mass is 32.2. The maximum Gasteiger partial charge on any atom is 0.284 e. The summed E-state index contributed by atoms with van der Waals surface area (Å²) in [6, 6.07) is 14.1. The zero-order valence-corrected chi connectivity index (χ0v) is 19.3. The number of benzene rings is 2. The molecule has 174 valence electrons. The number of amides is 2. The molecule has 2 aliphatic rings. The zero-order valence-electron chi connectivity index (χ0n) is 18.5. The minimum Gasteiger partial charge on any atom is -0.342 e. The van der Waals surface area contributed by atoms with Gasteiger partial charge in [0.05, 0.1) is 16.4 Å². The summed E-state index contributed by atoms with van der Waals surface area (Å²) in [6.45, 7) is 4.31. The van der Waals surface area contributed by atoms with Gasteiger partial charge in [-0.15, -0.1) is 0 Å². The molecule has 0 aromatic heterocycles. The molecule has 2 fully saturated rings. The molecule has 33 heavy (non-hydrogen) atoms. The van der Waals surface area contributed by atoms with Gasteiger partial charge in [-0.25, -0.2) is 0 Å². The molecule has 0 N–H and O–H groups in total. The van der Waals surface area contributed by atoms with Gasteiger partial charge in [0, 0.05) is 55.8 Å². The van der Waals surface area contributed by atoms with E-state index in [0.29, 0.717) is 43.2 Å². The Morgan fingerprint density at radius 3 is 2.24 bits per heavy atom. The number of piperidine rings is 1. The van der Waals surface area contributed by atoms with Crippen LogP contribution in [-0.2, 0) is 4.79 Å². The number of rotatable bonds is 6. The Balaban J connectivity index is 1.36. The standard InChI is InChI=1S/C24H28N4O4S/c29-23(26-11-5-2-6-12-26)18-25-13-15-27(16-14-25)24(30)19-9-10-22(21(17-19)28(31)32)33-20-7-3-1-4-8-20/h1,3-4,7-10,17H,2,5-6,11-16,18H2. The van der Waals surface area contributed by atoms with E-state index in [1.807, 2.05) is 35.2 Å². The molecule has 2 amide bonds. The smallest absolute Gasteiger partial charge is 0.284 e. The number of carbonyl (C=O) groups excluding carboxylic acids is 2. The molecule has 0 radical (unpaired) electrons. The van der Waals surface area contributed by atoms with E-state index in [4.69, 9.17) is 0 Å². The summed E-state index contributed by atoms with van der Waals surface area (Å²) >= 11 is 1.31. The van der Waals surface area contributed by atoms with Gasteiger partial charge < -0.3 is 9.80 Å². The summed E-state index contributed by atoms with van der Waals surface area (Å²) in [5.41, 5.74) is 0.248. The first-order valence-electron chi connectivity index (χ1n) is 11.3. The molecule has 8 nitrogen and oxygen atoms in total.